The molecule has 1 aromatic carbocycles. The number of halogens is 1. The van der Waals surface area contributed by atoms with Gasteiger partial charge in [0.25, 0.3) is 0 Å². The number of anilines is 1. The zero-order valence-electron chi connectivity index (χ0n) is 8.79. The highest BCUT2D eigenvalue weighted by atomic mass is 35.5. The van der Waals surface area contributed by atoms with Gasteiger partial charge in [0, 0.05) is 14.1 Å². The molecule has 1 unspecified atom stereocenters. The average Bonchev–Trinajstić information content (AvgIpc) is 2.01. The van der Waals surface area contributed by atoms with Crippen LogP contribution in [0.5, 0.6) is 0 Å². The van der Waals surface area contributed by atoms with Gasteiger partial charge in [-0.3, -0.25) is 0 Å². The van der Waals surface area contributed by atoms with Crippen molar-refractivity contribution in [1.82, 2.24) is 0 Å². The third kappa shape index (κ3) is 2.89. The van der Waals surface area contributed by atoms with Crippen molar-refractivity contribution >= 4 is 17.3 Å². The van der Waals surface area contributed by atoms with Crippen molar-refractivity contribution in [1.29, 1.82) is 0 Å². The lowest BCUT2D eigenvalue weighted by atomic mass is 10.1. The Kier molecular flexibility index (Phi) is 3.78. The molecule has 0 aliphatic rings. The Morgan fingerprint density at radius 2 is 2.07 bits per heavy atom. The monoisotopic (exact) mass is 213 g/mol. The second-order valence-corrected chi connectivity index (χ2v) is 4.14. The Morgan fingerprint density at radius 1 is 1.43 bits per heavy atom. The summed E-state index contributed by atoms with van der Waals surface area (Å²) in [6.45, 7) is 1.77. The van der Waals surface area contributed by atoms with Crippen LogP contribution < -0.4 is 4.90 Å². The van der Waals surface area contributed by atoms with Crippen molar-refractivity contribution in [3.8, 4) is 0 Å². The molecule has 78 valence electrons. The molecule has 14 heavy (non-hydrogen) atoms. The molecule has 2 nitrogen and oxygen atoms in total. The van der Waals surface area contributed by atoms with Gasteiger partial charge in [-0.05, 0) is 31.0 Å². The predicted octanol–water partition coefficient (Wildman–Crippen LogP) is 2.33. The van der Waals surface area contributed by atoms with Crippen LogP contribution in [0.3, 0.4) is 0 Å². The molecule has 1 aromatic rings. The molecule has 3 heteroatoms. The Labute approximate surface area is 90.1 Å². The molecule has 0 saturated carbocycles. The summed E-state index contributed by atoms with van der Waals surface area (Å²) in [7, 11) is 3.91. The SMILES string of the molecule is CC(O)Cc1ccc(N(C)C)c(Cl)c1. The number of aliphatic hydroxyl groups excluding tert-OH is 1. The van der Waals surface area contributed by atoms with Crippen LogP contribution in [-0.2, 0) is 6.42 Å². The molecule has 0 amide bonds. The minimum Gasteiger partial charge on any atom is -0.393 e. The zero-order valence-corrected chi connectivity index (χ0v) is 9.54. The van der Waals surface area contributed by atoms with Gasteiger partial charge in [0.2, 0.25) is 0 Å². The van der Waals surface area contributed by atoms with Crippen LogP contribution in [0.4, 0.5) is 5.69 Å². The number of hydrogen-bond donors (Lipinski definition) is 1. The molecule has 0 aliphatic carbocycles. The van der Waals surface area contributed by atoms with E-state index in [4.69, 9.17) is 11.6 Å². The summed E-state index contributed by atoms with van der Waals surface area (Å²) in [6.07, 6.45) is 0.323. The molecule has 0 aliphatic heterocycles. The van der Waals surface area contributed by atoms with Crippen molar-refractivity contribution in [3.63, 3.8) is 0 Å². The Morgan fingerprint density at radius 3 is 2.50 bits per heavy atom. The van der Waals surface area contributed by atoms with E-state index in [0.29, 0.717) is 6.42 Å². The maximum absolute atomic E-state index is 9.22. The first kappa shape index (κ1) is 11.3. The van der Waals surface area contributed by atoms with E-state index in [-0.39, 0.29) is 6.10 Å². The third-order valence-electron chi connectivity index (χ3n) is 2.03. The van der Waals surface area contributed by atoms with Gasteiger partial charge in [-0.25, -0.2) is 0 Å². The van der Waals surface area contributed by atoms with Gasteiger partial charge in [-0.15, -0.1) is 0 Å². The van der Waals surface area contributed by atoms with Crippen molar-refractivity contribution in [2.45, 2.75) is 19.4 Å². The minimum absolute atomic E-state index is 0.323. The largest absolute Gasteiger partial charge is 0.393 e. The first-order valence-electron chi connectivity index (χ1n) is 4.64. The fourth-order valence-electron chi connectivity index (χ4n) is 1.38. The lowest BCUT2D eigenvalue weighted by molar-refractivity contribution is 0.195. The molecular formula is C11H16ClNO. The normalized spacial score (nSPS) is 12.6. The molecular weight excluding hydrogens is 198 g/mol. The van der Waals surface area contributed by atoms with Crippen LogP contribution in [0.2, 0.25) is 5.02 Å². The topological polar surface area (TPSA) is 23.5 Å². The molecule has 0 radical (unpaired) electrons. The predicted molar refractivity (Wildman–Crippen MR) is 61.2 cm³/mol. The fourth-order valence-corrected chi connectivity index (χ4v) is 1.75. The van der Waals surface area contributed by atoms with Gasteiger partial charge in [0.05, 0.1) is 16.8 Å². The quantitative estimate of drug-likeness (QED) is 0.833. The summed E-state index contributed by atoms with van der Waals surface area (Å²) in [5.74, 6) is 0. The lowest BCUT2D eigenvalue weighted by Gasteiger charge is -2.15. The zero-order chi connectivity index (χ0) is 10.7. The smallest absolute Gasteiger partial charge is 0.0642 e. The van der Waals surface area contributed by atoms with Gasteiger partial charge >= 0.3 is 0 Å². The Hall–Kier alpha value is -0.730. The molecule has 1 atom stereocenters. The van der Waals surface area contributed by atoms with E-state index >= 15 is 0 Å². The number of hydrogen-bond acceptors (Lipinski definition) is 2. The first-order chi connectivity index (χ1) is 6.50. The average molecular weight is 214 g/mol. The number of aliphatic hydroxyl groups is 1. The van der Waals surface area contributed by atoms with Crippen LogP contribution in [0, 0.1) is 0 Å². The van der Waals surface area contributed by atoms with Crippen molar-refractivity contribution in [2.24, 2.45) is 0 Å². The molecule has 1 N–H and O–H groups in total. The summed E-state index contributed by atoms with van der Waals surface area (Å²) in [5, 5.41) is 9.95. The molecule has 0 bridgehead atoms. The molecule has 1 rings (SSSR count). The van der Waals surface area contributed by atoms with Gasteiger partial charge < -0.3 is 10.0 Å². The van der Waals surface area contributed by atoms with Crippen LogP contribution >= 0.6 is 11.6 Å². The Bertz CT molecular complexity index is 310. The molecule has 0 fully saturated rings. The van der Waals surface area contributed by atoms with Crippen LogP contribution in [-0.4, -0.2) is 25.3 Å². The van der Waals surface area contributed by atoms with Gasteiger partial charge in [-0.1, -0.05) is 17.7 Å². The van der Waals surface area contributed by atoms with E-state index < -0.39 is 0 Å². The summed E-state index contributed by atoms with van der Waals surface area (Å²) in [6, 6.07) is 5.87. The molecule has 0 spiro atoms. The summed E-state index contributed by atoms with van der Waals surface area (Å²) in [5.41, 5.74) is 2.07. The van der Waals surface area contributed by atoms with E-state index in [9.17, 15) is 5.11 Å². The van der Waals surface area contributed by atoms with Crippen molar-refractivity contribution < 1.29 is 5.11 Å². The van der Waals surface area contributed by atoms with Gasteiger partial charge in [-0.2, -0.15) is 0 Å². The number of benzene rings is 1. The van der Waals surface area contributed by atoms with Gasteiger partial charge in [0.1, 0.15) is 0 Å². The maximum atomic E-state index is 9.22. The van der Waals surface area contributed by atoms with Crippen LogP contribution in [0.15, 0.2) is 18.2 Å². The van der Waals surface area contributed by atoms with Crippen LogP contribution in [0.1, 0.15) is 12.5 Å². The second kappa shape index (κ2) is 4.67. The second-order valence-electron chi connectivity index (χ2n) is 3.73. The van der Waals surface area contributed by atoms with Crippen LogP contribution in [0.25, 0.3) is 0 Å². The third-order valence-corrected chi connectivity index (χ3v) is 2.33. The van der Waals surface area contributed by atoms with E-state index in [1.165, 1.54) is 0 Å². The van der Waals surface area contributed by atoms with E-state index in [0.717, 1.165) is 16.3 Å². The highest BCUT2D eigenvalue weighted by molar-refractivity contribution is 6.33. The summed E-state index contributed by atoms with van der Waals surface area (Å²) in [4.78, 5) is 1.97. The minimum atomic E-state index is -0.323. The van der Waals surface area contributed by atoms with Crippen molar-refractivity contribution in [3.05, 3.63) is 28.8 Å². The van der Waals surface area contributed by atoms with Crippen molar-refractivity contribution in [2.75, 3.05) is 19.0 Å². The lowest BCUT2D eigenvalue weighted by Crippen LogP contribution is -2.10. The number of nitrogens with zero attached hydrogens (tertiary/aromatic N) is 1. The molecule has 0 heterocycles. The highest BCUT2D eigenvalue weighted by Gasteiger charge is 2.05. The van der Waals surface area contributed by atoms with E-state index in [1.807, 2.05) is 37.2 Å². The summed E-state index contributed by atoms with van der Waals surface area (Å²) >= 11 is 6.08. The fraction of sp³-hybridized carbons (Fsp3) is 0.455. The molecule has 0 saturated heterocycles. The van der Waals surface area contributed by atoms with E-state index in [1.54, 1.807) is 6.92 Å². The maximum Gasteiger partial charge on any atom is 0.0642 e. The highest BCUT2D eigenvalue weighted by Crippen LogP contribution is 2.25. The first-order valence-corrected chi connectivity index (χ1v) is 5.02. The standard InChI is InChI=1S/C11H16ClNO/c1-8(14)6-9-4-5-11(13(2)3)10(12)7-9/h4-5,7-8,14H,6H2,1-3H3. The Balaban J connectivity index is 2.89. The van der Waals surface area contributed by atoms with E-state index in [2.05, 4.69) is 0 Å². The molecule has 0 aromatic heterocycles. The summed E-state index contributed by atoms with van der Waals surface area (Å²) < 4.78 is 0. The van der Waals surface area contributed by atoms with Gasteiger partial charge in [0.15, 0.2) is 0 Å². The number of rotatable bonds is 3.